The van der Waals surface area contributed by atoms with Crippen LogP contribution in [0.4, 0.5) is 0 Å². The van der Waals surface area contributed by atoms with Crippen molar-refractivity contribution in [3.05, 3.63) is 35.4 Å². The number of nitrogens with one attached hydrogen (secondary N) is 1. The van der Waals surface area contributed by atoms with Gasteiger partial charge >= 0.3 is 5.97 Å². The predicted molar refractivity (Wildman–Crippen MR) is 77.7 cm³/mol. The number of ether oxygens (including phenoxy) is 1. The third-order valence-electron chi connectivity index (χ3n) is 3.79. The minimum Gasteiger partial charge on any atom is -0.478 e. The van der Waals surface area contributed by atoms with Crippen molar-refractivity contribution in [3.63, 3.8) is 0 Å². The first-order valence-electron chi connectivity index (χ1n) is 7.08. The third kappa shape index (κ3) is 3.50. The minimum atomic E-state index is -1.42. The number of aromatic carboxylic acids is 1. The quantitative estimate of drug-likeness (QED) is 0.481. The lowest BCUT2D eigenvalue weighted by atomic mass is 9.87. The molecule has 0 spiro atoms. The van der Waals surface area contributed by atoms with E-state index in [-0.39, 0.29) is 11.1 Å². The number of benzene rings is 1. The lowest BCUT2D eigenvalue weighted by Crippen LogP contribution is -2.60. The van der Waals surface area contributed by atoms with Crippen molar-refractivity contribution < 1.29 is 34.8 Å². The van der Waals surface area contributed by atoms with Crippen molar-refractivity contribution in [2.24, 2.45) is 0 Å². The van der Waals surface area contributed by atoms with Crippen LogP contribution < -0.4 is 5.32 Å². The average Bonchev–Trinajstić information content (AvgIpc) is 2.52. The molecule has 8 heteroatoms. The number of carbonyl (C=O) groups is 2. The van der Waals surface area contributed by atoms with Gasteiger partial charge in [-0.3, -0.25) is 4.79 Å². The lowest BCUT2D eigenvalue weighted by molar-refractivity contribution is -0.197. The van der Waals surface area contributed by atoms with Crippen LogP contribution in [-0.4, -0.2) is 63.3 Å². The fourth-order valence-electron chi connectivity index (χ4n) is 2.72. The number of aliphatic hydroxyl groups excluding tert-OH is 3. The van der Waals surface area contributed by atoms with Gasteiger partial charge in [0.25, 0.3) is 0 Å². The first-order chi connectivity index (χ1) is 10.9. The fraction of sp³-hybridized carbons (Fsp3) is 0.467. The van der Waals surface area contributed by atoms with Crippen LogP contribution in [0.5, 0.6) is 0 Å². The second-order valence-corrected chi connectivity index (χ2v) is 5.38. The molecule has 23 heavy (non-hydrogen) atoms. The highest BCUT2D eigenvalue weighted by atomic mass is 16.5. The average molecular weight is 325 g/mol. The van der Waals surface area contributed by atoms with E-state index in [4.69, 9.17) is 4.74 Å². The van der Waals surface area contributed by atoms with Gasteiger partial charge in [0, 0.05) is 6.92 Å². The van der Waals surface area contributed by atoms with Crippen LogP contribution in [0.15, 0.2) is 24.3 Å². The van der Waals surface area contributed by atoms with Gasteiger partial charge in [-0.15, -0.1) is 0 Å². The van der Waals surface area contributed by atoms with Crippen LogP contribution in [0, 0.1) is 0 Å². The van der Waals surface area contributed by atoms with E-state index in [1.54, 1.807) is 6.07 Å². The molecule has 5 N–H and O–H groups in total. The molecule has 0 aromatic heterocycles. The summed E-state index contributed by atoms with van der Waals surface area (Å²) in [4.78, 5) is 22.8. The Morgan fingerprint density at radius 1 is 1.22 bits per heavy atom. The van der Waals surface area contributed by atoms with Crippen LogP contribution in [0.3, 0.4) is 0 Å². The van der Waals surface area contributed by atoms with Gasteiger partial charge < -0.3 is 30.5 Å². The number of carboxylic acid groups (broad SMARTS) is 1. The Kier molecular flexibility index (Phi) is 5.32. The highest BCUT2D eigenvalue weighted by molar-refractivity contribution is 5.89. The number of rotatable bonds is 4. The zero-order valence-corrected chi connectivity index (χ0v) is 12.4. The van der Waals surface area contributed by atoms with E-state index < -0.39 is 48.9 Å². The van der Waals surface area contributed by atoms with Crippen LogP contribution in [0.2, 0.25) is 0 Å². The molecule has 1 aliphatic heterocycles. The molecular weight excluding hydrogens is 306 g/mol. The molecule has 1 fully saturated rings. The number of amides is 1. The zero-order valence-electron chi connectivity index (χ0n) is 12.4. The molecule has 0 saturated carbocycles. The lowest BCUT2D eigenvalue weighted by Gasteiger charge is -2.43. The number of hydrogen-bond donors (Lipinski definition) is 5. The topological polar surface area (TPSA) is 136 Å². The summed E-state index contributed by atoms with van der Waals surface area (Å²) in [5.41, 5.74) is 0.191. The number of aliphatic hydroxyl groups is 3. The maximum absolute atomic E-state index is 11.4. The predicted octanol–water partition coefficient (Wildman–Crippen LogP) is -0.956. The Bertz CT molecular complexity index is 591. The van der Waals surface area contributed by atoms with Crippen molar-refractivity contribution in [2.45, 2.75) is 37.4 Å². The van der Waals surface area contributed by atoms with Gasteiger partial charge in [0.1, 0.15) is 24.4 Å². The van der Waals surface area contributed by atoms with Gasteiger partial charge in [-0.25, -0.2) is 4.79 Å². The second kappa shape index (κ2) is 7.05. The van der Waals surface area contributed by atoms with Crippen molar-refractivity contribution in [3.8, 4) is 0 Å². The summed E-state index contributed by atoms with van der Waals surface area (Å²) in [6.45, 7) is 0.675. The molecular formula is C15H19NO7. The second-order valence-electron chi connectivity index (χ2n) is 5.38. The molecule has 1 saturated heterocycles. The summed E-state index contributed by atoms with van der Waals surface area (Å²) >= 11 is 0. The van der Waals surface area contributed by atoms with Crippen molar-refractivity contribution in [1.82, 2.24) is 5.32 Å². The van der Waals surface area contributed by atoms with Gasteiger partial charge in [-0.1, -0.05) is 18.2 Å². The Balaban J connectivity index is 2.46. The van der Waals surface area contributed by atoms with Crippen LogP contribution in [0.25, 0.3) is 0 Å². The van der Waals surface area contributed by atoms with Crippen molar-refractivity contribution in [1.29, 1.82) is 0 Å². The molecule has 0 unspecified atom stereocenters. The highest BCUT2D eigenvalue weighted by Gasteiger charge is 2.46. The molecule has 1 aromatic rings. The summed E-state index contributed by atoms with van der Waals surface area (Å²) in [6, 6.07) is 4.96. The fourth-order valence-corrected chi connectivity index (χ4v) is 2.72. The van der Waals surface area contributed by atoms with E-state index in [1.165, 1.54) is 25.1 Å². The summed E-state index contributed by atoms with van der Waals surface area (Å²) in [5, 5.41) is 41.3. The van der Waals surface area contributed by atoms with E-state index in [1.807, 2.05) is 0 Å². The molecule has 0 radical (unpaired) electrons. The number of hydrogen-bond acceptors (Lipinski definition) is 6. The van der Waals surface area contributed by atoms with Gasteiger partial charge in [-0.05, 0) is 11.6 Å². The largest absolute Gasteiger partial charge is 0.478 e. The Hall–Kier alpha value is -2.00. The van der Waals surface area contributed by atoms with Crippen LogP contribution in [0.1, 0.15) is 28.9 Å². The molecule has 1 aromatic carbocycles. The zero-order chi connectivity index (χ0) is 17.1. The normalized spacial score (nSPS) is 30.7. The first-order valence-corrected chi connectivity index (χ1v) is 7.08. The maximum Gasteiger partial charge on any atom is 0.336 e. The molecule has 1 aliphatic rings. The summed E-state index contributed by atoms with van der Waals surface area (Å²) in [7, 11) is 0. The molecule has 8 nitrogen and oxygen atoms in total. The van der Waals surface area contributed by atoms with E-state index >= 15 is 0 Å². The summed E-state index contributed by atoms with van der Waals surface area (Å²) < 4.78 is 5.57. The van der Waals surface area contributed by atoms with Gasteiger partial charge in [0.2, 0.25) is 5.91 Å². The molecule has 1 heterocycles. The molecule has 126 valence electrons. The monoisotopic (exact) mass is 325 g/mol. The van der Waals surface area contributed by atoms with Crippen LogP contribution in [-0.2, 0) is 9.53 Å². The summed E-state index contributed by atoms with van der Waals surface area (Å²) in [5.74, 6) is -1.66. The highest BCUT2D eigenvalue weighted by Crippen LogP contribution is 2.34. The van der Waals surface area contributed by atoms with E-state index in [2.05, 4.69) is 5.32 Å². The molecule has 0 bridgehead atoms. The summed E-state index contributed by atoms with van der Waals surface area (Å²) in [6.07, 6.45) is -4.95. The Morgan fingerprint density at radius 2 is 1.87 bits per heavy atom. The Labute approximate surface area is 132 Å². The molecule has 0 aliphatic carbocycles. The maximum atomic E-state index is 11.4. The van der Waals surface area contributed by atoms with E-state index in [0.717, 1.165) is 0 Å². The molecule has 2 rings (SSSR count). The van der Waals surface area contributed by atoms with Crippen molar-refractivity contribution >= 4 is 11.9 Å². The van der Waals surface area contributed by atoms with Crippen molar-refractivity contribution in [2.75, 3.05) is 6.61 Å². The third-order valence-corrected chi connectivity index (χ3v) is 3.79. The van der Waals surface area contributed by atoms with Gasteiger partial charge in [0.05, 0.1) is 18.2 Å². The standard InChI is InChI=1S/C15H19NO7/c1-7(18)16-11-13(20)12(19)10(6-17)23-14(11)8-4-2-3-5-9(8)15(21)22/h2-5,10-14,17,19-20H,6H2,1H3,(H,16,18)(H,21,22)/t10-,11+,12-,13-,14+/m1/s1. The van der Waals surface area contributed by atoms with Gasteiger partial charge in [-0.2, -0.15) is 0 Å². The smallest absolute Gasteiger partial charge is 0.336 e. The molecule has 1 amide bonds. The van der Waals surface area contributed by atoms with Crippen LogP contribution >= 0.6 is 0 Å². The van der Waals surface area contributed by atoms with Gasteiger partial charge in [0.15, 0.2) is 0 Å². The Morgan fingerprint density at radius 3 is 2.43 bits per heavy atom. The van der Waals surface area contributed by atoms with E-state index in [9.17, 15) is 30.0 Å². The number of carboxylic acids is 1. The minimum absolute atomic E-state index is 0.0480. The first kappa shape index (κ1) is 17.4. The number of carbonyl (C=O) groups excluding carboxylic acids is 1. The SMILES string of the molecule is CC(=O)N[C@H]1[C@@H](O)[C@H](O)[C@@H](CO)O[C@H]1c1ccccc1C(=O)O. The molecule has 5 atom stereocenters. The van der Waals surface area contributed by atoms with E-state index in [0.29, 0.717) is 0 Å².